The van der Waals surface area contributed by atoms with Crippen molar-refractivity contribution in [2.75, 3.05) is 13.2 Å². The summed E-state index contributed by atoms with van der Waals surface area (Å²) >= 11 is 1.78. The Morgan fingerprint density at radius 3 is 2.47 bits per heavy atom. The maximum atomic E-state index is 8.71. The smallest absolute Gasteiger partial charge is 0.113 e. The van der Waals surface area contributed by atoms with Crippen molar-refractivity contribution in [3.8, 4) is 0 Å². The van der Waals surface area contributed by atoms with E-state index in [9.17, 15) is 0 Å². The molecule has 0 aromatic carbocycles. The van der Waals surface area contributed by atoms with Gasteiger partial charge in [0.25, 0.3) is 0 Å². The third kappa shape index (κ3) is 4.37. The molecule has 98 valence electrons. The fourth-order valence-electron chi connectivity index (χ4n) is 1.63. The van der Waals surface area contributed by atoms with E-state index in [1.807, 2.05) is 0 Å². The van der Waals surface area contributed by atoms with Gasteiger partial charge in [0.1, 0.15) is 5.01 Å². The number of unbranched alkanes of at least 4 members (excludes halogenated alkanes) is 2. The van der Waals surface area contributed by atoms with E-state index >= 15 is 0 Å². The molecule has 0 saturated heterocycles. The van der Waals surface area contributed by atoms with Gasteiger partial charge in [0.15, 0.2) is 0 Å². The lowest BCUT2D eigenvalue weighted by atomic mass is 10.1. The third-order valence-electron chi connectivity index (χ3n) is 2.97. The second-order valence-corrected chi connectivity index (χ2v) is 6.20. The van der Waals surface area contributed by atoms with E-state index in [-0.39, 0.29) is 5.54 Å². The number of nitrogens with zero attached hydrogens (tertiary/aromatic N) is 1. The molecule has 0 amide bonds. The molecular weight excluding hydrogens is 232 g/mol. The first-order chi connectivity index (χ1) is 7.97. The number of aliphatic hydroxyl groups excluding tert-OH is 1. The van der Waals surface area contributed by atoms with E-state index in [0.29, 0.717) is 6.61 Å². The van der Waals surface area contributed by atoms with Gasteiger partial charge in [-0.3, -0.25) is 0 Å². The van der Waals surface area contributed by atoms with E-state index in [2.05, 4.69) is 38.0 Å². The van der Waals surface area contributed by atoms with Crippen LogP contribution in [0.1, 0.15) is 48.7 Å². The largest absolute Gasteiger partial charge is 0.396 e. The molecule has 0 unspecified atom stereocenters. The summed E-state index contributed by atoms with van der Waals surface area (Å²) < 4.78 is 0. The molecule has 0 bridgehead atoms. The molecule has 4 heteroatoms. The Labute approximate surface area is 108 Å². The molecule has 0 aliphatic carbocycles. The van der Waals surface area contributed by atoms with Crippen LogP contribution >= 0.6 is 11.3 Å². The molecule has 17 heavy (non-hydrogen) atoms. The highest BCUT2D eigenvalue weighted by Crippen LogP contribution is 2.27. The van der Waals surface area contributed by atoms with Crippen LogP contribution in [0.5, 0.6) is 0 Å². The van der Waals surface area contributed by atoms with E-state index in [0.717, 1.165) is 36.5 Å². The van der Waals surface area contributed by atoms with Crippen molar-refractivity contribution in [1.29, 1.82) is 0 Å². The van der Waals surface area contributed by atoms with Gasteiger partial charge in [-0.15, -0.1) is 11.3 Å². The Hall–Kier alpha value is -0.450. The minimum Gasteiger partial charge on any atom is -0.396 e. The van der Waals surface area contributed by atoms with Crippen LogP contribution in [-0.4, -0.2) is 23.2 Å². The van der Waals surface area contributed by atoms with Gasteiger partial charge < -0.3 is 10.4 Å². The first kappa shape index (κ1) is 14.6. The minimum absolute atomic E-state index is 0.0527. The molecular formula is C13H24N2OS. The van der Waals surface area contributed by atoms with Gasteiger partial charge in [-0.25, -0.2) is 4.98 Å². The summed E-state index contributed by atoms with van der Waals surface area (Å²) in [6.45, 7) is 9.81. The summed E-state index contributed by atoms with van der Waals surface area (Å²) in [7, 11) is 0. The lowest BCUT2D eigenvalue weighted by molar-refractivity contribution is 0.281. The zero-order valence-corrected chi connectivity index (χ0v) is 12.2. The summed E-state index contributed by atoms with van der Waals surface area (Å²) in [5.41, 5.74) is 1.09. The van der Waals surface area contributed by atoms with Gasteiger partial charge >= 0.3 is 0 Å². The van der Waals surface area contributed by atoms with Crippen LogP contribution in [0, 0.1) is 13.8 Å². The van der Waals surface area contributed by atoms with Crippen molar-refractivity contribution in [2.45, 2.75) is 52.5 Å². The maximum Gasteiger partial charge on any atom is 0.113 e. The van der Waals surface area contributed by atoms with Crippen LogP contribution in [-0.2, 0) is 5.54 Å². The van der Waals surface area contributed by atoms with Crippen LogP contribution in [0.2, 0.25) is 0 Å². The van der Waals surface area contributed by atoms with Gasteiger partial charge in [0, 0.05) is 11.5 Å². The molecule has 0 aliphatic heterocycles. The maximum absolute atomic E-state index is 8.71. The quantitative estimate of drug-likeness (QED) is 0.737. The van der Waals surface area contributed by atoms with E-state index in [1.54, 1.807) is 11.3 Å². The Morgan fingerprint density at radius 2 is 1.94 bits per heavy atom. The first-order valence-corrected chi connectivity index (χ1v) is 7.09. The Kier molecular flexibility index (Phi) is 5.56. The lowest BCUT2D eigenvalue weighted by Gasteiger charge is -2.23. The Bertz CT molecular complexity index is 328. The standard InChI is InChI=1S/C13H24N2OS/c1-10-11(2)17-12(15-10)13(3,4)14-8-6-5-7-9-16/h14,16H,5-9H2,1-4H3. The SMILES string of the molecule is Cc1nc(C(C)(C)NCCCCCO)sc1C. The average molecular weight is 256 g/mol. The Morgan fingerprint density at radius 1 is 1.24 bits per heavy atom. The Balaban J connectivity index is 2.45. The molecule has 0 atom stereocenters. The number of hydrogen-bond acceptors (Lipinski definition) is 4. The van der Waals surface area contributed by atoms with E-state index < -0.39 is 0 Å². The summed E-state index contributed by atoms with van der Waals surface area (Å²) in [6.07, 6.45) is 3.08. The average Bonchev–Trinajstić information content (AvgIpc) is 2.60. The van der Waals surface area contributed by atoms with Crippen molar-refractivity contribution < 1.29 is 5.11 Å². The van der Waals surface area contributed by atoms with Crippen molar-refractivity contribution in [1.82, 2.24) is 10.3 Å². The zero-order valence-electron chi connectivity index (χ0n) is 11.3. The van der Waals surface area contributed by atoms with Gasteiger partial charge in [-0.1, -0.05) is 0 Å². The molecule has 1 heterocycles. The number of aromatic nitrogens is 1. The monoisotopic (exact) mass is 256 g/mol. The number of rotatable bonds is 7. The normalized spacial score (nSPS) is 12.1. The predicted molar refractivity (Wildman–Crippen MR) is 73.6 cm³/mol. The summed E-state index contributed by atoms with van der Waals surface area (Å²) in [4.78, 5) is 5.91. The second kappa shape index (κ2) is 6.47. The van der Waals surface area contributed by atoms with Crippen molar-refractivity contribution >= 4 is 11.3 Å². The molecule has 3 nitrogen and oxygen atoms in total. The summed E-state index contributed by atoms with van der Waals surface area (Å²) in [5, 5.41) is 13.4. The highest BCUT2D eigenvalue weighted by Gasteiger charge is 2.23. The molecule has 0 aliphatic rings. The molecule has 0 fully saturated rings. The zero-order chi connectivity index (χ0) is 12.9. The fraction of sp³-hybridized carbons (Fsp3) is 0.769. The topological polar surface area (TPSA) is 45.2 Å². The molecule has 0 radical (unpaired) electrons. The van der Waals surface area contributed by atoms with Crippen molar-refractivity contribution in [2.24, 2.45) is 0 Å². The molecule has 1 rings (SSSR count). The highest BCUT2D eigenvalue weighted by atomic mass is 32.1. The van der Waals surface area contributed by atoms with Gasteiger partial charge in [0.05, 0.1) is 11.2 Å². The number of hydrogen-bond donors (Lipinski definition) is 2. The second-order valence-electron chi connectivity index (χ2n) is 5.00. The van der Waals surface area contributed by atoms with E-state index in [4.69, 9.17) is 5.11 Å². The van der Waals surface area contributed by atoms with Crippen LogP contribution in [0.3, 0.4) is 0 Å². The van der Waals surface area contributed by atoms with Gasteiger partial charge in [0.2, 0.25) is 0 Å². The van der Waals surface area contributed by atoms with Crippen molar-refractivity contribution in [3.63, 3.8) is 0 Å². The lowest BCUT2D eigenvalue weighted by Crippen LogP contribution is -2.37. The fourth-order valence-corrected chi connectivity index (χ4v) is 2.62. The van der Waals surface area contributed by atoms with Gasteiger partial charge in [-0.05, 0) is 53.5 Å². The summed E-state index contributed by atoms with van der Waals surface area (Å²) in [5.74, 6) is 0. The molecule has 1 aromatic heterocycles. The minimum atomic E-state index is -0.0527. The number of thiazole rings is 1. The van der Waals surface area contributed by atoms with Crippen LogP contribution < -0.4 is 5.32 Å². The molecule has 0 saturated carbocycles. The first-order valence-electron chi connectivity index (χ1n) is 6.28. The van der Waals surface area contributed by atoms with Crippen LogP contribution in [0.25, 0.3) is 0 Å². The number of nitrogens with one attached hydrogen (secondary N) is 1. The number of aliphatic hydroxyl groups is 1. The third-order valence-corrected chi connectivity index (χ3v) is 4.36. The van der Waals surface area contributed by atoms with Gasteiger partial charge in [-0.2, -0.15) is 0 Å². The van der Waals surface area contributed by atoms with Crippen LogP contribution in [0.15, 0.2) is 0 Å². The summed E-state index contributed by atoms with van der Waals surface area (Å²) in [6, 6.07) is 0. The molecule has 0 spiro atoms. The predicted octanol–water partition coefficient (Wildman–Crippen LogP) is 2.75. The van der Waals surface area contributed by atoms with Crippen LogP contribution in [0.4, 0.5) is 0 Å². The highest BCUT2D eigenvalue weighted by molar-refractivity contribution is 7.11. The molecule has 1 aromatic rings. The van der Waals surface area contributed by atoms with E-state index in [1.165, 1.54) is 4.88 Å². The van der Waals surface area contributed by atoms with Crippen molar-refractivity contribution in [3.05, 3.63) is 15.6 Å². The number of aryl methyl sites for hydroxylation is 2. The molecule has 2 N–H and O–H groups in total.